The lowest BCUT2D eigenvalue weighted by Crippen LogP contribution is -2.09. The van der Waals surface area contributed by atoms with E-state index in [1.165, 1.54) is 19.3 Å². The molecule has 0 saturated heterocycles. The standard InChI is InChI=1S/C22H28O4/c1-3-4-5-6-15-25-21-13-11-19(12-14-21)18-7-9-20(10-8-18)22(23)26-17-16-24-2/h7-14H,3-6,15-17H2,1-2H3. The van der Waals surface area contributed by atoms with Crippen LogP contribution in [0.5, 0.6) is 5.75 Å². The van der Waals surface area contributed by atoms with Gasteiger partial charge in [-0.1, -0.05) is 50.5 Å². The van der Waals surface area contributed by atoms with Crippen LogP contribution in [0.4, 0.5) is 0 Å². The Morgan fingerprint density at radius 1 is 0.808 bits per heavy atom. The number of rotatable bonds is 11. The van der Waals surface area contributed by atoms with E-state index in [9.17, 15) is 4.79 Å². The number of carbonyl (C=O) groups is 1. The van der Waals surface area contributed by atoms with Crippen LogP contribution in [0.25, 0.3) is 11.1 Å². The van der Waals surface area contributed by atoms with E-state index in [2.05, 4.69) is 6.92 Å². The highest BCUT2D eigenvalue weighted by molar-refractivity contribution is 5.90. The Labute approximate surface area is 156 Å². The zero-order valence-electron chi connectivity index (χ0n) is 15.7. The molecule has 0 aliphatic rings. The van der Waals surface area contributed by atoms with Crippen molar-refractivity contribution in [3.05, 3.63) is 54.1 Å². The quantitative estimate of drug-likeness (QED) is 0.414. The molecule has 0 bridgehead atoms. The summed E-state index contributed by atoms with van der Waals surface area (Å²) in [6, 6.07) is 15.5. The van der Waals surface area contributed by atoms with Gasteiger partial charge in [-0.15, -0.1) is 0 Å². The summed E-state index contributed by atoms with van der Waals surface area (Å²) in [5.41, 5.74) is 2.67. The van der Waals surface area contributed by atoms with Crippen molar-refractivity contribution < 1.29 is 19.0 Å². The Bertz CT molecular complexity index is 647. The van der Waals surface area contributed by atoms with Crippen LogP contribution >= 0.6 is 0 Å². The van der Waals surface area contributed by atoms with Crippen LogP contribution in [-0.4, -0.2) is 32.9 Å². The fourth-order valence-corrected chi connectivity index (χ4v) is 2.56. The average Bonchev–Trinajstić information content (AvgIpc) is 2.68. The maximum Gasteiger partial charge on any atom is 0.338 e. The van der Waals surface area contributed by atoms with Crippen molar-refractivity contribution in [1.29, 1.82) is 0 Å². The summed E-state index contributed by atoms with van der Waals surface area (Å²) in [5, 5.41) is 0. The first-order chi connectivity index (χ1) is 12.7. The fourth-order valence-electron chi connectivity index (χ4n) is 2.56. The van der Waals surface area contributed by atoms with Crippen LogP contribution < -0.4 is 4.74 Å². The number of methoxy groups -OCH3 is 1. The van der Waals surface area contributed by atoms with Gasteiger partial charge in [0, 0.05) is 7.11 Å². The van der Waals surface area contributed by atoms with Gasteiger partial charge < -0.3 is 14.2 Å². The minimum atomic E-state index is -0.333. The van der Waals surface area contributed by atoms with Crippen LogP contribution in [-0.2, 0) is 9.47 Å². The maximum absolute atomic E-state index is 11.9. The van der Waals surface area contributed by atoms with Crippen molar-refractivity contribution in [3.63, 3.8) is 0 Å². The van der Waals surface area contributed by atoms with Gasteiger partial charge in [-0.25, -0.2) is 4.79 Å². The molecule has 0 aliphatic heterocycles. The van der Waals surface area contributed by atoms with E-state index < -0.39 is 0 Å². The Morgan fingerprint density at radius 3 is 2.08 bits per heavy atom. The first-order valence-corrected chi connectivity index (χ1v) is 9.24. The molecule has 2 aromatic carbocycles. The Balaban J connectivity index is 1.87. The van der Waals surface area contributed by atoms with Gasteiger partial charge in [0.05, 0.1) is 18.8 Å². The number of ether oxygens (including phenoxy) is 3. The van der Waals surface area contributed by atoms with Crippen LogP contribution in [0.2, 0.25) is 0 Å². The van der Waals surface area contributed by atoms with E-state index >= 15 is 0 Å². The van der Waals surface area contributed by atoms with Gasteiger partial charge in [0.1, 0.15) is 12.4 Å². The Kier molecular flexibility index (Phi) is 8.70. The molecule has 0 N–H and O–H groups in total. The summed E-state index contributed by atoms with van der Waals surface area (Å²) in [5.74, 6) is 0.559. The largest absolute Gasteiger partial charge is 0.494 e. The number of esters is 1. The zero-order chi connectivity index (χ0) is 18.6. The molecule has 4 nitrogen and oxygen atoms in total. The first-order valence-electron chi connectivity index (χ1n) is 9.24. The highest BCUT2D eigenvalue weighted by Crippen LogP contribution is 2.23. The SMILES string of the molecule is CCCCCCOc1ccc(-c2ccc(C(=O)OCCOC)cc2)cc1. The second-order valence-electron chi connectivity index (χ2n) is 6.14. The third-order valence-corrected chi connectivity index (χ3v) is 4.10. The zero-order valence-corrected chi connectivity index (χ0v) is 15.7. The van der Waals surface area contributed by atoms with Gasteiger partial charge in [0.2, 0.25) is 0 Å². The lowest BCUT2D eigenvalue weighted by atomic mass is 10.0. The van der Waals surface area contributed by atoms with Crippen molar-refractivity contribution in [2.75, 3.05) is 26.9 Å². The summed E-state index contributed by atoms with van der Waals surface area (Å²) in [7, 11) is 1.57. The molecule has 0 fully saturated rings. The molecule has 0 heterocycles. The smallest absolute Gasteiger partial charge is 0.338 e. The fraction of sp³-hybridized carbons (Fsp3) is 0.409. The third kappa shape index (κ3) is 6.52. The van der Waals surface area contributed by atoms with Crippen molar-refractivity contribution in [2.45, 2.75) is 32.6 Å². The van der Waals surface area contributed by atoms with E-state index in [1.54, 1.807) is 19.2 Å². The summed E-state index contributed by atoms with van der Waals surface area (Å²) in [4.78, 5) is 11.9. The van der Waals surface area contributed by atoms with E-state index in [1.807, 2.05) is 36.4 Å². The van der Waals surface area contributed by atoms with Crippen LogP contribution in [0.3, 0.4) is 0 Å². The van der Waals surface area contributed by atoms with Gasteiger partial charge >= 0.3 is 5.97 Å². The third-order valence-electron chi connectivity index (χ3n) is 4.10. The molecule has 0 saturated carbocycles. The van der Waals surface area contributed by atoms with Gasteiger partial charge in [0.15, 0.2) is 0 Å². The molecule has 26 heavy (non-hydrogen) atoms. The highest BCUT2D eigenvalue weighted by atomic mass is 16.6. The van der Waals surface area contributed by atoms with E-state index in [0.717, 1.165) is 29.9 Å². The molecular weight excluding hydrogens is 328 g/mol. The predicted octanol–water partition coefficient (Wildman–Crippen LogP) is 5.12. The Hall–Kier alpha value is -2.33. The van der Waals surface area contributed by atoms with Crippen LogP contribution in [0.15, 0.2) is 48.5 Å². The molecule has 0 spiro atoms. The van der Waals surface area contributed by atoms with Crippen molar-refractivity contribution in [2.24, 2.45) is 0 Å². The van der Waals surface area contributed by atoms with E-state index in [4.69, 9.17) is 14.2 Å². The predicted molar refractivity (Wildman–Crippen MR) is 104 cm³/mol. The molecule has 2 aromatic rings. The van der Waals surface area contributed by atoms with Gasteiger partial charge in [-0.2, -0.15) is 0 Å². The molecule has 0 aliphatic carbocycles. The molecule has 4 heteroatoms. The van der Waals surface area contributed by atoms with Crippen molar-refractivity contribution in [1.82, 2.24) is 0 Å². The number of benzene rings is 2. The second kappa shape index (κ2) is 11.3. The molecule has 0 unspecified atom stereocenters. The first kappa shape index (κ1) is 20.0. The molecule has 0 atom stereocenters. The van der Waals surface area contributed by atoms with Gasteiger partial charge in [-0.3, -0.25) is 0 Å². The minimum absolute atomic E-state index is 0.261. The van der Waals surface area contributed by atoms with Crippen LogP contribution in [0, 0.1) is 0 Å². The molecule has 0 aromatic heterocycles. The maximum atomic E-state index is 11.9. The molecule has 0 radical (unpaired) electrons. The molecular formula is C22H28O4. The summed E-state index contributed by atoms with van der Waals surface area (Å²) in [6.07, 6.45) is 4.81. The lowest BCUT2D eigenvalue weighted by Gasteiger charge is -2.08. The number of carbonyl (C=O) groups excluding carboxylic acids is 1. The summed E-state index contributed by atoms with van der Waals surface area (Å²) < 4.78 is 15.7. The van der Waals surface area contributed by atoms with Crippen LogP contribution in [0.1, 0.15) is 43.0 Å². The van der Waals surface area contributed by atoms with Crippen molar-refractivity contribution in [3.8, 4) is 16.9 Å². The molecule has 0 amide bonds. The second-order valence-corrected chi connectivity index (χ2v) is 6.14. The summed E-state index contributed by atoms with van der Waals surface area (Å²) in [6.45, 7) is 3.63. The lowest BCUT2D eigenvalue weighted by molar-refractivity contribution is 0.0388. The Morgan fingerprint density at radius 2 is 1.46 bits per heavy atom. The summed E-state index contributed by atoms with van der Waals surface area (Å²) >= 11 is 0. The van der Waals surface area contributed by atoms with E-state index in [0.29, 0.717) is 12.2 Å². The minimum Gasteiger partial charge on any atom is -0.494 e. The number of unbranched alkanes of at least 4 members (excludes halogenated alkanes) is 3. The molecule has 140 valence electrons. The van der Waals surface area contributed by atoms with Gasteiger partial charge in [-0.05, 0) is 41.8 Å². The number of hydrogen-bond donors (Lipinski definition) is 0. The normalized spacial score (nSPS) is 10.5. The topological polar surface area (TPSA) is 44.8 Å². The van der Waals surface area contributed by atoms with Gasteiger partial charge in [0.25, 0.3) is 0 Å². The van der Waals surface area contributed by atoms with E-state index in [-0.39, 0.29) is 12.6 Å². The number of hydrogen-bond acceptors (Lipinski definition) is 4. The molecule has 2 rings (SSSR count). The highest BCUT2D eigenvalue weighted by Gasteiger charge is 2.07. The monoisotopic (exact) mass is 356 g/mol. The average molecular weight is 356 g/mol. The van der Waals surface area contributed by atoms with Crippen molar-refractivity contribution >= 4 is 5.97 Å².